The van der Waals surface area contributed by atoms with Crippen molar-refractivity contribution >= 4 is 21.8 Å². The molecule has 0 amide bonds. The van der Waals surface area contributed by atoms with Crippen LogP contribution < -0.4 is 0 Å². The van der Waals surface area contributed by atoms with Crippen molar-refractivity contribution in [3.63, 3.8) is 0 Å². The summed E-state index contributed by atoms with van der Waals surface area (Å²) in [7, 11) is -3.49. The number of ether oxygens (including phenoxy) is 1. The van der Waals surface area contributed by atoms with Crippen molar-refractivity contribution in [2.24, 2.45) is 0 Å². The fraction of sp³-hybridized carbons (Fsp3) is 0.500. The van der Waals surface area contributed by atoms with Gasteiger partial charge in [0.25, 0.3) is 0 Å². The van der Waals surface area contributed by atoms with Crippen molar-refractivity contribution in [3.05, 3.63) is 29.8 Å². The van der Waals surface area contributed by atoms with Crippen molar-refractivity contribution in [2.45, 2.75) is 43.1 Å². The lowest BCUT2D eigenvalue weighted by Crippen LogP contribution is -2.28. The van der Waals surface area contributed by atoms with Crippen LogP contribution in [0.1, 0.15) is 42.5 Å². The Morgan fingerprint density at radius 2 is 1.74 bits per heavy atom. The number of carbonyl (C=O) groups excluding carboxylic acids is 2. The molecule has 0 unspecified atom stereocenters. The largest absolute Gasteiger partial charge is 0.451 e. The third-order valence-electron chi connectivity index (χ3n) is 4.29. The Morgan fingerprint density at radius 1 is 1.09 bits per heavy atom. The van der Waals surface area contributed by atoms with Crippen molar-refractivity contribution in [1.82, 2.24) is 4.31 Å². The fourth-order valence-electron chi connectivity index (χ4n) is 2.95. The Labute approximate surface area is 135 Å². The van der Waals surface area contributed by atoms with E-state index in [1.807, 2.05) is 0 Å². The van der Waals surface area contributed by atoms with Crippen LogP contribution in [0.25, 0.3) is 0 Å². The maximum absolute atomic E-state index is 12.4. The summed E-state index contributed by atoms with van der Waals surface area (Å²) in [5.41, 5.74) is 0.255. The Kier molecular flexibility index (Phi) is 4.50. The Bertz CT molecular complexity index is 704. The SMILES string of the molecule is O=C(O[C@H]1CCCC1=O)c1ccc(S(=O)(=O)N2CCCC2)cc1. The summed E-state index contributed by atoms with van der Waals surface area (Å²) in [4.78, 5) is 23.7. The third kappa shape index (κ3) is 3.30. The predicted octanol–water partition coefficient (Wildman–Crippen LogP) is 1.75. The molecule has 0 spiro atoms. The van der Waals surface area contributed by atoms with Crippen molar-refractivity contribution < 1.29 is 22.7 Å². The van der Waals surface area contributed by atoms with Crippen LogP contribution in [-0.2, 0) is 19.6 Å². The highest BCUT2D eigenvalue weighted by atomic mass is 32.2. The van der Waals surface area contributed by atoms with Crippen LogP contribution >= 0.6 is 0 Å². The lowest BCUT2D eigenvalue weighted by atomic mass is 10.2. The topological polar surface area (TPSA) is 80.8 Å². The molecular formula is C16H19NO5S. The maximum atomic E-state index is 12.4. The number of nitrogens with zero attached hydrogens (tertiary/aromatic N) is 1. The van der Waals surface area contributed by atoms with E-state index in [-0.39, 0.29) is 16.2 Å². The van der Waals surface area contributed by atoms with E-state index in [1.165, 1.54) is 28.6 Å². The highest BCUT2D eigenvalue weighted by molar-refractivity contribution is 7.89. The van der Waals surface area contributed by atoms with E-state index in [4.69, 9.17) is 4.74 Å². The van der Waals surface area contributed by atoms with Gasteiger partial charge in [0.05, 0.1) is 10.5 Å². The van der Waals surface area contributed by atoms with Gasteiger partial charge in [0.1, 0.15) is 0 Å². The summed E-state index contributed by atoms with van der Waals surface area (Å²) in [5, 5.41) is 0. The maximum Gasteiger partial charge on any atom is 0.338 e. The van der Waals surface area contributed by atoms with Crippen LogP contribution in [0.2, 0.25) is 0 Å². The number of ketones is 1. The molecule has 6 nitrogen and oxygen atoms in total. The Morgan fingerprint density at radius 3 is 2.30 bits per heavy atom. The molecule has 0 bridgehead atoms. The average molecular weight is 337 g/mol. The molecule has 1 aromatic carbocycles. The smallest absolute Gasteiger partial charge is 0.338 e. The van der Waals surface area contributed by atoms with Gasteiger partial charge in [0, 0.05) is 19.5 Å². The Hall–Kier alpha value is -1.73. The molecule has 0 aromatic heterocycles. The third-order valence-corrected chi connectivity index (χ3v) is 6.20. The molecule has 2 aliphatic rings. The summed E-state index contributed by atoms with van der Waals surface area (Å²) >= 11 is 0. The number of hydrogen-bond acceptors (Lipinski definition) is 5. The molecule has 1 aromatic rings. The van der Waals surface area contributed by atoms with E-state index >= 15 is 0 Å². The van der Waals surface area contributed by atoms with Gasteiger partial charge in [0.15, 0.2) is 11.9 Å². The first-order valence-corrected chi connectivity index (χ1v) is 9.26. The standard InChI is InChI=1S/C16H19NO5S/c18-14-4-3-5-15(14)22-16(19)12-6-8-13(9-7-12)23(20,21)17-10-1-2-11-17/h6-9,15H,1-5,10-11H2/t15-/m0/s1. The predicted molar refractivity (Wildman–Crippen MR) is 82.5 cm³/mol. The number of Topliss-reactive ketones (excluding diaryl/α,β-unsaturated/α-hetero) is 1. The second kappa shape index (κ2) is 6.41. The second-order valence-corrected chi connectivity index (χ2v) is 7.83. The molecule has 1 heterocycles. The number of benzene rings is 1. The Balaban J connectivity index is 1.71. The molecule has 1 aliphatic carbocycles. The van der Waals surface area contributed by atoms with Gasteiger partial charge in [-0.05, 0) is 49.9 Å². The highest BCUT2D eigenvalue weighted by Crippen LogP contribution is 2.22. The number of sulfonamides is 1. The first kappa shape index (κ1) is 16.1. The summed E-state index contributed by atoms with van der Waals surface area (Å²) < 4.78 is 31.4. The number of carbonyl (C=O) groups is 2. The van der Waals surface area contributed by atoms with Crippen LogP contribution in [0.5, 0.6) is 0 Å². The van der Waals surface area contributed by atoms with Gasteiger partial charge in [-0.15, -0.1) is 0 Å². The van der Waals surface area contributed by atoms with Gasteiger partial charge in [0.2, 0.25) is 10.0 Å². The molecule has 23 heavy (non-hydrogen) atoms. The molecule has 1 saturated heterocycles. The zero-order valence-electron chi connectivity index (χ0n) is 12.7. The molecule has 0 N–H and O–H groups in total. The monoisotopic (exact) mass is 337 g/mol. The zero-order chi connectivity index (χ0) is 16.4. The summed E-state index contributed by atoms with van der Waals surface area (Å²) in [6, 6.07) is 5.71. The fourth-order valence-corrected chi connectivity index (χ4v) is 4.46. The lowest BCUT2D eigenvalue weighted by Gasteiger charge is -2.15. The van der Waals surface area contributed by atoms with Gasteiger partial charge in [-0.3, -0.25) is 4.79 Å². The van der Waals surface area contributed by atoms with Crippen molar-refractivity contribution in [2.75, 3.05) is 13.1 Å². The van der Waals surface area contributed by atoms with Crippen LogP contribution in [0, 0.1) is 0 Å². The molecule has 7 heteroatoms. The highest BCUT2D eigenvalue weighted by Gasteiger charge is 2.29. The molecule has 2 fully saturated rings. The summed E-state index contributed by atoms with van der Waals surface area (Å²) in [6.07, 6.45) is 2.84. The van der Waals surface area contributed by atoms with Gasteiger partial charge in [-0.1, -0.05) is 0 Å². The first-order chi connectivity index (χ1) is 11.0. The normalized spacial score (nSPS) is 22.4. The number of rotatable bonds is 4. The molecule has 3 rings (SSSR count). The molecule has 0 radical (unpaired) electrons. The molecular weight excluding hydrogens is 318 g/mol. The van der Waals surface area contributed by atoms with Crippen molar-refractivity contribution in [1.29, 1.82) is 0 Å². The van der Waals surface area contributed by atoms with E-state index in [2.05, 4.69) is 0 Å². The average Bonchev–Trinajstić information content (AvgIpc) is 3.20. The molecule has 1 atom stereocenters. The summed E-state index contributed by atoms with van der Waals surface area (Å²) in [5.74, 6) is -0.637. The van der Waals surface area contributed by atoms with E-state index in [9.17, 15) is 18.0 Å². The minimum atomic E-state index is -3.49. The van der Waals surface area contributed by atoms with E-state index in [1.54, 1.807) is 0 Å². The second-order valence-electron chi connectivity index (χ2n) is 5.89. The van der Waals surface area contributed by atoms with E-state index < -0.39 is 22.1 Å². The van der Waals surface area contributed by atoms with E-state index in [0.29, 0.717) is 25.9 Å². The summed E-state index contributed by atoms with van der Waals surface area (Å²) in [6.45, 7) is 1.08. The first-order valence-electron chi connectivity index (χ1n) is 7.82. The molecule has 1 aliphatic heterocycles. The zero-order valence-corrected chi connectivity index (χ0v) is 13.5. The number of hydrogen-bond donors (Lipinski definition) is 0. The van der Waals surface area contributed by atoms with Crippen LogP contribution in [0.15, 0.2) is 29.2 Å². The lowest BCUT2D eigenvalue weighted by molar-refractivity contribution is -0.124. The van der Waals surface area contributed by atoms with E-state index in [0.717, 1.165) is 19.3 Å². The van der Waals surface area contributed by atoms with Crippen LogP contribution in [0.4, 0.5) is 0 Å². The minimum Gasteiger partial charge on any atom is -0.451 e. The van der Waals surface area contributed by atoms with Crippen LogP contribution in [0.3, 0.4) is 0 Å². The van der Waals surface area contributed by atoms with Crippen molar-refractivity contribution in [3.8, 4) is 0 Å². The minimum absolute atomic E-state index is 0.0495. The number of esters is 1. The van der Waals surface area contributed by atoms with Crippen LogP contribution in [-0.4, -0.2) is 43.7 Å². The van der Waals surface area contributed by atoms with Gasteiger partial charge in [-0.2, -0.15) is 4.31 Å². The van der Waals surface area contributed by atoms with Gasteiger partial charge in [-0.25, -0.2) is 13.2 Å². The molecule has 1 saturated carbocycles. The van der Waals surface area contributed by atoms with Gasteiger partial charge < -0.3 is 4.74 Å². The quantitative estimate of drug-likeness (QED) is 0.782. The van der Waals surface area contributed by atoms with Gasteiger partial charge >= 0.3 is 5.97 Å². The molecule has 124 valence electrons.